The Hall–Kier alpha value is -1.51. The quantitative estimate of drug-likeness (QED) is 0.345. The molecule has 0 fully saturated rings. The van der Waals surface area contributed by atoms with Gasteiger partial charge in [-0.3, -0.25) is 0 Å². The highest BCUT2D eigenvalue weighted by molar-refractivity contribution is 6.33. The molecule has 0 saturated carbocycles. The molecule has 4 heteroatoms. The molecule has 0 spiro atoms. The van der Waals surface area contributed by atoms with E-state index in [4.69, 9.17) is 23.2 Å². The zero-order valence-corrected chi connectivity index (χ0v) is 10.3. The molecule has 0 bridgehead atoms. The summed E-state index contributed by atoms with van der Waals surface area (Å²) in [7, 11) is 0. The number of hydrogen-bond donors (Lipinski definition) is 0. The maximum atomic E-state index is 11.8. The molecule has 0 amide bonds. The van der Waals surface area contributed by atoms with Crippen molar-refractivity contribution in [1.82, 2.24) is 0 Å². The average Bonchev–Trinajstić information content (AvgIpc) is 2.33. The van der Waals surface area contributed by atoms with Crippen LogP contribution in [0.2, 0.25) is 10.0 Å². The van der Waals surface area contributed by atoms with Gasteiger partial charge in [-0.25, -0.2) is 0 Å². The molecule has 0 radical (unpaired) electrons. The van der Waals surface area contributed by atoms with Crippen LogP contribution in [-0.2, 0) is 0 Å². The highest BCUT2D eigenvalue weighted by Crippen LogP contribution is 2.17. The first kappa shape index (κ1) is 12.0. The summed E-state index contributed by atoms with van der Waals surface area (Å²) in [4.78, 5) is 0. The monoisotopic (exact) mass is 265 g/mol. The van der Waals surface area contributed by atoms with Gasteiger partial charge < -0.3 is 5.21 Å². The first-order valence-corrected chi connectivity index (χ1v) is 5.74. The highest BCUT2D eigenvalue weighted by atomic mass is 35.5. The zero-order valence-electron chi connectivity index (χ0n) is 8.81. The van der Waals surface area contributed by atoms with E-state index in [1.807, 2.05) is 12.1 Å². The van der Waals surface area contributed by atoms with Crippen molar-refractivity contribution in [3.05, 3.63) is 69.3 Å². The van der Waals surface area contributed by atoms with Gasteiger partial charge in [0.15, 0.2) is 6.21 Å². The maximum Gasteiger partial charge on any atom is 0.216 e. The molecule has 0 aliphatic heterocycles. The fourth-order valence-corrected chi connectivity index (χ4v) is 1.68. The molecule has 0 N–H and O–H groups in total. The Labute approximate surface area is 109 Å². The van der Waals surface area contributed by atoms with E-state index in [9.17, 15) is 5.21 Å². The summed E-state index contributed by atoms with van der Waals surface area (Å²) in [5.74, 6) is 0. The Kier molecular flexibility index (Phi) is 3.67. The normalized spacial score (nSPS) is 11.5. The lowest BCUT2D eigenvalue weighted by Gasteiger charge is -2.03. The van der Waals surface area contributed by atoms with E-state index in [0.29, 0.717) is 21.3 Å². The predicted molar refractivity (Wildman–Crippen MR) is 71.4 cm³/mol. The third-order valence-corrected chi connectivity index (χ3v) is 2.84. The second kappa shape index (κ2) is 5.21. The standard InChI is InChI=1S/C13H9Cl2NO/c14-11-5-7-12(8-6-11)16(17)9-10-3-1-2-4-13(10)15/h1-9H/b16-9-. The van der Waals surface area contributed by atoms with Crippen molar-refractivity contribution in [3.8, 4) is 0 Å². The van der Waals surface area contributed by atoms with Crippen LogP contribution in [0, 0.1) is 5.21 Å². The van der Waals surface area contributed by atoms with Crippen molar-refractivity contribution < 1.29 is 4.74 Å². The second-order valence-electron chi connectivity index (χ2n) is 3.45. The molecule has 0 aliphatic carbocycles. The zero-order chi connectivity index (χ0) is 12.3. The summed E-state index contributed by atoms with van der Waals surface area (Å²) in [5.41, 5.74) is 1.19. The van der Waals surface area contributed by atoms with Crippen LogP contribution in [0.15, 0.2) is 48.5 Å². The van der Waals surface area contributed by atoms with Gasteiger partial charge in [-0.05, 0) is 24.3 Å². The molecule has 2 nitrogen and oxygen atoms in total. The van der Waals surface area contributed by atoms with E-state index >= 15 is 0 Å². The van der Waals surface area contributed by atoms with Gasteiger partial charge in [0.2, 0.25) is 5.69 Å². The lowest BCUT2D eigenvalue weighted by Crippen LogP contribution is -1.98. The van der Waals surface area contributed by atoms with Crippen molar-refractivity contribution in [3.63, 3.8) is 0 Å². The highest BCUT2D eigenvalue weighted by Gasteiger charge is 2.03. The molecule has 0 saturated heterocycles. The molecule has 2 aromatic rings. The summed E-state index contributed by atoms with van der Waals surface area (Å²) in [6, 6.07) is 13.8. The van der Waals surface area contributed by atoms with Crippen LogP contribution in [-0.4, -0.2) is 11.0 Å². The van der Waals surface area contributed by atoms with Gasteiger partial charge in [-0.2, -0.15) is 4.74 Å². The van der Waals surface area contributed by atoms with Crippen LogP contribution < -0.4 is 0 Å². The fraction of sp³-hybridized carbons (Fsp3) is 0. The topological polar surface area (TPSA) is 26.1 Å². The van der Waals surface area contributed by atoms with Gasteiger partial charge in [0.05, 0.1) is 10.6 Å². The molecular weight excluding hydrogens is 257 g/mol. The third-order valence-electron chi connectivity index (χ3n) is 2.24. The van der Waals surface area contributed by atoms with Crippen molar-refractivity contribution in [1.29, 1.82) is 0 Å². The summed E-state index contributed by atoms with van der Waals surface area (Å²) in [5, 5.41) is 13.0. The summed E-state index contributed by atoms with van der Waals surface area (Å²) in [6.45, 7) is 0. The summed E-state index contributed by atoms with van der Waals surface area (Å²) < 4.78 is 0.761. The van der Waals surface area contributed by atoms with Gasteiger partial charge in [-0.1, -0.05) is 35.3 Å². The van der Waals surface area contributed by atoms with Crippen molar-refractivity contribution in [2.45, 2.75) is 0 Å². The minimum absolute atomic E-state index is 0.509. The molecule has 86 valence electrons. The van der Waals surface area contributed by atoms with Crippen molar-refractivity contribution in [2.75, 3.05) is 0 Å². The molecule has 0 unspecified atom stereocenters. The summed E-state index contributed by atoms with van der Waals surface area (Å²) >= 11 is 11.7. The second-order valence-corrected chi connectivity index (χ2v) is 4.30. The molecular formula is C13H9Cl2NO. The Balaban J connectivity index is 2.34. The van der Waals surface area contributed by atoms with Crippen molar-refractivity contribution in [2.24, 2.45) is 0 Å². The van der Waals surface area contributed by atoms with Crippen LogP contribution in [0.1, 0.15) is 5.56 Å². The van der Waals surface area contributed by atoms with Gasteiger partial charge in [-0.15, -0.1) is 0 Å². The number of hydrogen-bond acceptors (Lipinski definition) is 1. The molecule has 17 heavy (non-hydrogen) atoms. The van der Waals surface area contributed by atoms with E-state index in [1.165, 1.54) is 6.21 Å². The van der Waals surface area contributed by atoms with Crippen LogP contribution in [0.5, 0.6) is 0 Å². The van der Waals surface area contributed by atoms with E-state index in [2.05, 4.69) is 0 Å². The first-order valence-electron chi connectivity index (χ1n) is 4.98. The first-order chi connectivity index (χ1) is 8.16. The number of benzene rings is 2. The van der Waals surface area contributed by atoms with Crippen LogP contribution >= 0.6 is 23.2 Å². The van der Waals surface area contributed by atoms with Gasteiger partial charge in [0.25, 0.3) is 0 Å². The van der Waals surface area contributed by atoms with Crippen molar-refractivity contribution >= 4 is 35.1 Å². The fourth-order valence-electron chi connectivity index (χ4n) is 1.37. The van der Waals surface area contributed by atoms with Crippen LogP contribution in [0.25, 0.3) is 0 Å². The molecule has 0 heterocycles. The van der Waals surface area contributed by atoms with E-state index in [-0.39, 0.29) is 0 Å². The van der Waals surface area contributed by atoms with E-state index < -0.39 is 0 Å². The van der Waals surface area contributed by atoms with Crippen LogP contribution in [0.4, 0.5) is 5.69 Å². The number of rotatable bonds is 2. The Morgan fingerprint density at radius 3 is 2.24 bits per heavy atom. The van der Waals surface area contributed by atoms with E-state index in [0.717, 1.165) is 4.74 Å². The summed E-state index contributed by atoms with van der Waals surface area (Å²) in [6.07, 6.45) is 1.44. The van der Waals surface area contributed by atoms with Gasteiger partial charge in [0, 0.05) is 17.2 Å². The molecule has 0 atom stereocenters. The lowest BCUT2D eigenvalue weighted by molar-refractivity contribution is -0.354. The van der Waals surface area contributed by atoms with Gasteiger partial charge >= 0.3 is 0 Å². The molecule has 0 aliphatic rings. The van der Waals surface area contributed by atoms with E-state index in [1.54, 1.807) is 36.4 Å². The number of nitrogens with zero attached hydrogens (tertiary/aromatic N) is 1. The maximum absolute atomic E-state index is 11.8. The van der Waals surface area contributed by atoms with Gasteiger partial charge in [0.1, 0.15) is 0 Å². The molecule has 2 rings (SSSR count). The minimum atomic E-state index is 0.509. The Morgan fingerprint density at radius 2 is 1.59 bits per heavy atom. The smallest absolute Gasteiger partial charge is 0.216 e. The molecule has 2 aromatic carbocycles. The third kappa shape index (κ3) is 2.99. The minimum Gasteiger partial charge on any atom is -0.618 e. The SMILES string of the molecule is [O-]/[N+](=C\c1ccccc1Cl)c1ccc(Cl)cc1. The average molecular weight is 266 g/mol. The lowest BCUT2D eigenvalue weighted by atomic mass is 10.2. The van der Waals surface area contributed by atoms with Crippen LogP contribution in [0.3, 0.4) is 0 Å². The Morgan fingerprint density at radius 1 is 0.941 bits per heavy atom. The number of halogens is 2. The largest absolute Gasteiger partial charge is 0.618 e. The predicted octanol–water partition coefficient (Wildman–Crippen LogP) is 4.25. The Bertz CT molecular complexity index is 550. The molecule has 0 aromatic heterocycles.